The van der Waals surface area contributed by atoms with Gasteiger partial charge >= 0.3 is 0 Å². The molecule has 0 saturated heterocycles. The third kappa shape index (κ3) is 3.51. The highest BCUT2D eigenvalue weighted by Gasteiger charge is 2.25. The van der Waals surface area contributed by atoms with E-state index in [1.54, 1.807) is 18.2 Å². The third-order valence-electron chi connectivity index (χ3n) is 2.83. The average molecular weight is 254 g/mol. The van der Waals surface area contributed by atoms with Gasteiger partial charge in [0.15, 0.2) is 0 Å². The van der Waals surface area contributed by atoms with E-state index in [1.807, 2.05) is 13.8 Å². The molecule has 1 atom stereocenters. The van der Waals surface area contributed by atoms with Crippen molar-refractivity contribution in [1.82, 2.24) is 5.32 Å². The van der Waals surface area contributed by atoms with Gasteiger partial charge in [0.1, 0.15) is 11.9 Å². The molecule has 1 rings (SSSR count). The van der Waals surface area contributed by atoms with Crippen LogP contribution < -0.4 is 11.1 Å². The van der Waals surface area contributed by atoms with Crippen LogP contribution in [0.1, 0.15) is 19.4 Å². The van der Waals surface area contributed by atoms with Crippen LogP contribution in [0.4, 0.5) is 4.39 Å². The maximum atomic E-state index is 13.7. The van der Waals surface area contributed by atoms with Crippen LogP contribution in [0.3, 0.4) is 0 Å². The van der Waals surface area contributed by atoms with E-state index in [-0.39, 0.29) is 18.9 Å². The second-order valence-electron chi connectivity index (χ2n) is 4.83. The number of benzene rings is 1. The zero-order valence-corrected chi connectivity index (χ0v) is 10.6. The first-order chi connectivity index (χ1) is 8.38. The highest BCUT2D eigenvalue weighted by molar-refractivity contribution is 5.80. The highest BCUT2D eigenvalue weighted by atomic mass is 19.1. The Hall–Kier alpha value is -1.46. The van der Waals surface area contributed by atoms with Gasteiger partial charge < -0.3 is 16.2 Å². The summed E-state index contributed by atoms with van der Waals surface area (Å²) in [6.07, 6.45) is -1.22. The van der Waals surface area contributed by atoms with Gasteiger partial charge in [-0.2, -0.15) is 0 Å². The summed E-state index contributed by atoms with van der Waals surface area (Å²) < 4.78 is 13.7. The van der Waals surface area contributed by atoms with Crippen LogP contribution in [0.25, 0.3) is 0 Å². The molecule has 0 radical (unpaired) electrons. The molecule has 0 aliphatic heterocycles. The van der Waals surface area contributed by atoms with Gasteiger partial charge in [-0.15, -0.1) is 0 Å². The van der Waals surface area contributed by atoms with Crippen LogP contribution in [0.15, 0.2) is 24.3 Å². The summed E-state index contributed by atoms with van der Waals surface area (Å²) in [7, 11) is 0. The molecule has 0 fully saturated rings. The molecule has 1 aromatic carbocycles. The van der Waals surface area contributed by atoms with E-state index in [0.717, 1.165) is 0 Å². The fourth-order valence-electron chi connectivity index (χ4n) is 1.64. The van der Waals surface area contributed by atoms with Crippen molar-refractivity contribution < 1.29 is 14.3 Å². The maximum absolute atomic E-state index is 13.7. The standard InChI is InChI=1S/C13H19FN2O2/c1-13(2,8-16-12(18)11(17)7-15)9-5-3-4-6-10(9)14/h3-6,11,17H,7-8,15H2,1-2H3,(H,16,18). The van der Waals surface area contributed by atoms with E-state index in [9.17, 15) is 14.3 Å². The molecule has 0 heterocycles. The number of rotatable bonds is 5. The van der Waals surface area contributed by atoms with E-state index in [0.29, 0.717) is 5.56 Å². The normalized spacial score (nSPS) is 13.2. The minimum Gasteiger partial charge on any atom is -0.382 e. The minimum atomic E-state index is -1.22. The second-order valence-corrected chi connectivity index (χ2v) is 4.83. The quantitative estimate of drug-likeness (QED) is 0.718. The largest absolute Gasteiger partial charge is 0.382 e. The number of carbonyl (C=O) groups excluding carboxylic acids is 1. The lowest BCUT2D eigenvalue weighted by molar-refractivity contribution is -0.129. The summed E-state index contributed by atoms with van der Waals surface area (Å²) in [6.45, 7) is 3.73. The van der Waals surface area contributed by atoms with Gasteiger partial charge in [-0.3, -0.25) is 4.79 Å². The van der Waals surface area contributed by atoms with Crippen LogP contribution in [0, 0.1) is 5.82 Å². The summed E-state index contributed by atoms with van der Waals surface area (Å²) in [5.41, 5.74) is 5.14. The Morgan fingerprint density at radius 2 is 2.11 bits per heavy atom. The molecule has 1 unspecified atom stereocenters. The van der Waals surface area contributed by atoms with E-state index in [1.165, 1.54) is 6.07 Å². The molecule has 0 aliphatic carbocycles. The molecular formula is C13H19FN2O2. The van der Waals surface area contributed by atoms with Crippen molar-refractivity contribution in [1.29, 1.82) is 0 Å². The van der Waals surface area contributed by atoms with Crippen molar-refractivity contribution in [2.24, 2.45) is 5.73 Å². The Balaban J connectivity index is 2.71. The Labute approximate surface area is 106 Å². The smallest absolute Gasteiger partial charge is 0.250 e. The number of nitrogens with one attached hydrogen (secondary N) is 1. The topological polar surface area (TPSA) is 75.3 Å². The lowest BCUT2D eigenvalue weighted by Gasteiger charge is -2.26. The summed E-state index contributed by atoms with van der Waals surface area (Å²) in [6, 6.07) is 6.43. The fraction of sp³-hybridized carbons (Fsp3) is 0.462. The number of hydrogen-bond acceptors (Lipinski definition) is 3. The van der Waals surface area contributed by atoms with Crippen LogP contribution in [0.5, 0.6) is 0 Å². The predicted octanol–water partition coefficient (Wildman–Crippen LogP) is 0.539. The van der Waals surface area contributed by atoms with Crippen molar-refractivity contribution in [2.45, 2.75) is 25.4 Å². The van der Waals surface area contributed by atoms with E-state index in [2.05, 4.69) is 5.32 Å². The van der Waals surface area contributed by atoms with Gasteiger partial charge in [-0.25, -0.2) is 4.39 Å². The van der Waals surface area contributed by atoms with Crippen molar-refractivity contribution in [2.75, 3.05) is 13.1 Å². The average Bonchev–Trinajstić information content (AvgIpc) is 2.35. The second kappa shape index (κ2) is 5.93. The summed E-state index contributed by atoms with van der Waals surface area (Å²) in [4.78, 5) is 11.4. The molecule has 0 bridgehead atoms. The van der Waals surface area contributed by atoms with E-state index >= 15 is 0 Å². The number of carbonyl (C=O) groups is 1. The van der Waals surface area contributed by atoms with Crippen LogP contribution in [-0.2, 0) is 10.2 Å². The minimum absolute atomic E-state index is 0.133. The van der Waals surface area contributed by atoms with Gasteiger partial charge in [-0.05, 0) is 11.6 Å². The molecule has 4 N–H and O–H groups in total. The van der Waals surface area contributed by atoms with Crippen LogP contribution >= 0.6 is 0 Å². The molecule has 1 amide bonds. The SMILES string of the molecule is CC(C)(CNC(=O)C(O)CN)c1ccccc1F. The molecule has 1 aromatic rings. The third-order valence-corrected chi connectivity index (χ3v) is 2.83. The molecule has 100 valence electrons. The maximum Gasteiger partial charge on any atom is 0.250 e. The molecule has 18 heavy (non-hydrogen) atoms. The molecule has 4 nitrogen and oxygen atoms in total. The first-order valence-electron chi connectivity index (χ1n) is 5.79. The number of amides is 1. The number of aliphatic hydroxyl groups is 1. The van der Waals surface area contributed by atoms with Gasteiger partial charge in [0.25, 0.3) is 0 Å². The van der Waals surface area contributed by atoms with Gasteiger partial charge in [0.2, 0.25) is 5.91 Å². The molecule has 5 heteroatoms. The monoisotopic (exact) mass is 254 g/mol. The molecule has 0 saturated carbocycles. The Bertz CT molecular complexity index is 421. The molecular weight excluding hydrogens is 235 g/mol. The van der Waals surface area contributed by atoms with Crippen molar-refractivity contribution in [3.63, 3.8) is 0 Å². The lowest BCUT2D eigenvalue weighted by atomic mass is 9.84. The number of aliphatic hydroxyl groups excluding tert-OH is 1. The Kier molecular flexibility index (Phi) is 4.81. The zero-order valence-electron chi connectivity index (χ0n) is 10.6. The van der Waals surface area contributed by atoms with Gasteiger partial charge in [0.05, 0.1) is 0 Å². The van der Waals surface area contributed by atoms with Crippen molar-refractivity contribution >= 4 is 5.91 Å². The van der Waals surface area contributed by atoms with Crippen LogP contribution in [0.2, 0.25) is 0 Å². The first-order valence-corrected chi connectivity index (χ1v) is 5.79. The van der Waals surface area contributed by atoms with Crippen molar-refractivity contribution in [3.8, 4) is 0 Å². The number of nitrogens with two attached hydrogens (primary N) is 1. The lowest BCUT2D eigenvalue weighted by Crippen LogP contribution is -2.44. The molecule has 0 aromatic heterocycles. The van der Waals surface area contributed by atoms with E-state index < -0.39 is 17.4 Å². The Morgan fingerprint density at radius 3 is 2.67 bits per heavy atom. The molecule has 0 spiro atoms. The summed E-state index contributed by atoms with van der Waals surface area (Å²) >= 11 is 0. The van der Waals surface area contributed by atoms with E-state index in [4.69, 9.17) is 5.73 Å². The van der Waals surface area contributed by atoms with Crippen molar-refractivity contribution in [3.05, 3.63) is 35.6 Å². The van der Waals surface area contributed by atoms with Gasteiger partial charge in [0, 0.05) is 18.5 Å². The zero-order chi connectivity index (χ0) is 13.8. The van der Waals surface area contributed by atoms with Gasteiger partial charge in [-0.1, -0.05) is 32.0 Å². The molecule has 0 aliphatic rings. The summed E-state index contributed by atoms with van der Waals surface area (Å²) in [5.74, 6) is -0.849. The highest BCUT2D eigenvalue weighted by Crippen LogP contribution is 2.24. The number of halogens is 1. The fourth-order valence-corrected chi connectivity index (χ4v) is 1.64. The first kappa shape index (κ1) is 14.6. The summed E-state index contributed by atoms with van der Waals surface area (Å²) in [5, 5.41) is 11.8. The predicted molar refractivity (Wildman–Crippen MR) is 67.5 cm³/mol. The van der Waals surface area contributed by atoms with Crippen LogP contribution in [-0.4, -0.2) is 30.2 Å². The Morgan fingerprint density at radius 1 is 1.50 bits per heavy atom. The number of hydrogen-bond donors (Lipinski definition) is 3.